The van der Waals surface area contributed by atoms with E-state index in [1.807, 2.05) is 38.1 Å². The number of thiol groups is 1. The van der Waals surface area contributed by atoms with Gasteiger partial charge in [0.05, 0.1) is 5.69 Å². The van der Waals surface area contributed by atoms with Crippen molar-refractivity contribution in [2.45, 2.75) is 19.1 Å². The molecule has 0 fully saturated rings. The Morgan fingerprint density at radius 2 is 2.32 bits per heavy atom. The first-order valence-corrected chi connectivity index (χ1v) is 7.71. The third-order valence-electron chi connectivity index (χ3n) is 2.30. The minimum atomic E-state index is 0.304. The largest absolute Gasteiger partial charge is 0.385 e. The zero-order valence-electron chi connectivity index (χ0n) is 11.4. The van der Waals surface area contributed by atoms with Crippen molar-refractivity contribution in [3.8, 4) is 0 Å². The van der Waals surface area contributed by atoms with E-state index in [1.165, 1.54) is 11.8 Å². The first-order valence-electron chi connectivity index (χ1n) is 6.21. The van der Waals surface area contributed by atoms with E-state index < -0.39 is 0 Å². The summed E-state index contributed by atoms with van der Waals surface area (Å²) in [5.74, 6) is 0.849. The van der Waals surface area contributed by atoms with Crippen molar-refractivity contribution in [1.82, 2.24) is 5.32 Å². The first kappa shape index (κ1) is 16.0. The van der Waals surface area contributed by atoms with E-state index in [2.05, 4.69) is 29.5 Å². The zero-order chi connectivity index (χ0) is 14.3. The fourth-order valence-corrected chi connectivity index (χ4v) is 2.25. The van der Waals surface area contributed by atoms with Crippen LogP contribution in [0.3, 0.4) is 0 Å². The highest BCUT2D eigenvalue weighted by Gasteiger charge is 2.01. The molecule has 0 aliphatic heterocycles. The predicted octanol–water partition coefficient (Wildman–Crippen LogP) is 3.26. The molecule has 1 aromatic rings. The number of benzene rings is 1. The monoisotopic (exact) mass is 295 g/mol. The lowest BCUT2D eigenvalue weighted by Gasteiger charge is -2.08. The summed E-state index contributed by atoms with van der Waals surface area (Å²) in [7, 11) is 0. The van der Waals surface area contributed by atoms with Gasteiger partial charge in [-0.1, -0.05) is 37.4 Å². The molecular formula is C14H21N3S2. The molecule has 104 valence electrons. The fourth-order valence-electron chi connectivity index (χ4n) is 1.44. The van der Waals surface area contributed by atoms with Crippen molar-refractivity contribution in [2.24, 2.45) is 10.7 Å². The van der Waals surface area contributed by atoms with Crippen LogP contribution in [0, 0.1) is 0 Å². The summed E-state index contributed by atoms with van der Waals surface area (Å²) >= 11 is 5.83. The molecule has 0 heterocycles. The van der Waals surface area contributed by atoms with E-state index >= 15 is 0 Å². The first-order chi connectivity index (χ1) is 9.02. The van der Waals surface area contributed by atoms with Gasteiger partial charge in [0, 0.05) is 23.2 Å². The minimum Gasteiger partial charge on any atom is -0.385 e. The lowest BCUT2D eigenvalue weighted by Crippen LogP contribution is -2.10. The molecule has 0 spiro atoms. The molecule has 1 unspecified atom stereocenters. The number of nitrogens with one attached hydrogen (secondary N) is 1. The average Bonchev–Trinajstić information content (AvgIpc) is 2.37. The third kappa shape index (κ3) is 6.07. The summed E-state index contributed by atoms with van der Waals surface area (Å²) in [6.45, 7) is 8.91. The molecule has 1 atom stereocenters. The SMILES string of the molecule is C=C(NCC)c1cccc(N=C(N)SCC(C)S)c1. The number of rotatable bonds is 6. The van der Waals surface area contributed by atoms with Crippen molar-refractivity contribution in [1.29, 1.82) is 0 Å². The number of aliphatic imine (C=N–C) groups is 1. The number of hydrogen-bond acceptors (Lipinski definition) is 4. The van der Waals surface area contributed by atoms with Gasteiger partial charge < -0.3 is 11.1 Å². The standard InChI is InChI=1S/C14H21N3S2/c1-4-16-11(3)12-6-5-7-13(8-12)17-14(15)19-9-10(2)18/h5-8,10,16,18H,3-4,9H2,1-2H3,(H2,15,17). The molecule has 0 saturated heterocycles. The second-order valence-electron chi connectivity index (χ2n) is 4.17. The molecule has 0 bridgehead atoms. The van der Waals surface area contributed by atoms with Crippen LogP contribution in [0.5, 0.6) is 0 Å². The molecule has 3 N–H and O–H groups in total. The molecule has 0 aromatic heterocycles. The molecule has 0 amide bonds. The summed E-state index contributed by atoms with van der Waals surface area (Å²) < 4.78 is 0. The third-order valence-corrected chi connectivity index (χ3v) is 3.78. The van der Waals surface area contributed by atoms with E-state index in [9.17, 15) is 0 Å². The highest BCUT2D eigenvalue weighted by molar-refractivity contribution is 8.14. The Morgan fingerprint density at radius 3 is 2.95 bits per heavy atom. The second-order valence-corrected chi connectivity index (χ2v) is 6.09. The van der Waals surface area contributed by atoms with E-state index in [-0.39, 0.29) is 0 Å². The predicted molar refractivity (Wildman–Crippen MR) is 91.3 cm³/mol. The Labute approximate surface area is 125 Å². The average molecular weight is 295 g/mol. The van der Waals surface area contributed by atoms with Crippen molar-refractivity contribution in [3.63, 3.8) is 0 Å². The van der Waals surface area contributed by atoms with Crippen LogP contribution < -0.4 is 11.1 Å². The molecule has 1 aromatic carbocycles. The Hall–Kier alpha value is -1.07. The van der Waals surface area contributed by atoms with Crippen molar-refractivity contribution in [2.75, 3.05) is 12.3 Å². The summed E-state index contributed by atoms with van der Waals surface area (Å²) in [6.07, 6.45) is 0. The van der Waals surface area contributed by atoms with Gasteiger partial charge in [0.15, 0.2) is 5.17 Å². The van der Waals surface area contributed by atoms with Crippen molar-refractivity contribution in [3.05, 3.63) is 36.4 Å². The normalized spacial score (nSPS) is 13.1. The van der Waals surface area contributed by atoms with Crippen LogP contribution in [0.25, 0.3) is 5.70 Å². The van der Waals surface area contributed by atoms with E-state index in [1.54, 1.807) is 0 Å². The Bertz CT molecular complexity index is 456. The van der Waals surface area contributed by atoms with Crippen LogP contribution in [0.1, 0.15) is 19.4 Å². The van der Waals surface area contributed by atoms with Gasteiger partial charge in [-0.25, -0.2) is 4.99 Å². The van der Waals surface area contributed by atoms with Crippen molar-refractivity contribution < 1.29 is 0 Å². The van der Waals surface area contributed by atoms with Gasteiger partial charge in [0.25, 0.3) is 0 Å². The highest BCUT2D eigenvalue weighted by Crippen LogP contribution is 2.19. The molecule has 19 heavy (non-hydrogen) atoms. The summed E-state index contributed by atoms with van der Waals surface area (Å²) in [5.41, 5.74) is 8.65. The Balaban J connectivity index is 2.76. The summed E-state index contributed by atoms with van der Waals surface area (Å²) in [4.78, 5) is 4.39. The van der Waals surface area contributed by atoms with E-state index in [4.69, 9.17) is 5.73 Å². The van der Waals surface area contributed by atoms with E-state index in [0.29, 0.717) is 10.4 Å². The van der Waals surface area contributed by atoms with Crippen LogP contribution in [-0.2, 0) is 0 Å². The number of nitrogens with zero attached hydrogens (tertiary/aromatic N) is 1. The topological polar surface area (TPSA) is 50.4 Å². The van der Waals surface area contributed by atoms with E-state index in [0.717, 1.165) is 29.2 Å². The van der Waals surface area contributed by atoms with Crippen LogP contribution in [-0.4, -0.2) is 22.7 Å². The lowest BCUT2D eigenvalue weighted by atomic mass is 10.1. The van der Waals surface area contributed by atoms with Gasteiger partial charge in [-0.2, -0.15) is 12.6 Å². The van der Waals surface area contributed by atoms with Crippen LogP contribution in [0.4, 0.5) is 5.69 Å². The lowest BCUT2D eigenvalue weighted by molar-refractivity contribution is 0.942. The van der Waals surface area contributed by atoms with Gasteiger partial charge >= 0.3 is 0 Å². The molecule has 0 aliphatic rings. The molecule has 0 radical (unpaired) electrons. The Kier molecular flexibility index (Phi) is 6.87. The second kappa shape index (κ2) is 8.17. The maximum Gasteiger partial charge on any atom is 0.159 e. The fraction of sp³-hybridized carbons (Fsp3) is 0.357. The summed E-state index contributed by atoms with van der Waals surface area (Å²) in [6, 6.07) is 7.86. The highest BCUT2D eigenvalue weighted by atomic mass is 32.2. The van der Waals surface area contributed by atoms with Crippen LogP contribution in [0.15, 0.2) is 35.8 Å². The van der Waals surface area contributed by atoms with Gasteiger partial charge in [-0.05, 0) is 24.6 Å². The van der Waals surface area contributed by atoms with Crippen molar-refractivity contribution >= 4 is 40.9 Å². The minimum absolute atomic E-state index is 0.304. The van der Waals surface area contributed by atoms with Gasteiger partial charge in [0.2, 0.25) is 0 Å². The molecule has 0 aliphatic carbocycles. The van der Waals surface area contributed by atoms with Gasteiger partial charge in [-0.15, -0.1) is 0 Å². The van der Waals surface area contributed by atoms with Gasteiger partial charge in [-0.3, -0.25) is 0 Å². The van der Waals surface area contributed by atoms with Crippen LogP contribution >= 0.6 is 24.4 Å². The van der Waals surface area contributed by atoms with Crippen LogP contribution in [0.2, 0.25) is 0 Å². The zero-order valence-corrected chi connectivity index (χ0v) is 13.1. The van der Waals surface area contributed by atoms with Gasteiger partial charge in [0.1, 0.15) is 0 Å². The molecule has 0 saturated carbocycles. The summed E-state index contributed by atoms with van der Waals surface area (Å²) in [5, 5.41) is 4.06. The number of amidine groups is 1. The number of hydrogen-bond donors (Lipinski definition) is 3. The Morgan fingerprint density at radius 1 is 1.58 bits per heavy atom. The molecule has 5 heteroatoms. The smallest absolute Gasteiger partial charge is 0.159 e. The maximum atomic E-state index is 5.88. The maximum absolute atomic E-state index is 5.88. The molecule has 3 nitrogen and oxygen atoms in total. The number of thioether (sulfide) groups is 1. The quantitative estimate of drug-likeness (QED) is 0.429. The molecular weight excluding hydrogens is 274 g/mol. The molecule has 1 rings (SSSR count). The number of nitrogens with two attached hydrogens (primary N) is 1.